The molecule has 0 fully saturated rings. The van der Waals surface area contributed by atoms with Crippen LogP contribution in [0, 0.1) is 6.92 Å². The Morgan fingerprint density at radius 2 is 2.00 bits per heavy atom. The van der Waals surface area contributed by atoms with Gasteiger partial charge >= 0.3 is 5.69 Å². The maximum Gasteiger partial charge on any atom is 0.354 e. The number of hydrogen-bond acceptors (Lipinski definition) is 5. The summed E-state index contributed by atoms with van der Waals surface area (Å²) in [5.41, 5.74) is 4.74. The minimum absolute atomic E-state index is 0.360. The third-order valence-electron chi connectivity index (χ3n) is 5.74. The van der Waals surface area contributed by atoms with Gasteiger partial charge in [-0.25, -0.2) is 4.79 Å². The Kier molecular flexibility index (Phi) is 3.73. The second-order valence-electron chi connectivity index (χ2n) is 7.75. The lowest BCUT2D eigenvalue weighted by Crippen LogP contribution is -2.25. The highest BCUT2D eigenvalue weighted by Gasteiger charge is 2.28. The van der Waals surface area contributed by atoms with Crippen LogP contribution in [0.1, 0.15) is 11.3 Å². The van der Waals surface area contributed by atoms with Crippen molar-refractivity contribution in [3.8, 4) is 5.69 Å². The molecule has 0 atom stereocenters. The Morgan fingerprint density at radius 1 is 1.13 bits per heavy atom. The zero-order valence-corrected chi connectivity index (χ0v) is 17.6. The first kappa shape index (κ1) is 18.1. The summed E-state index contributed by atoms with van der Waals surface area (Å²) in [7, 11) is 1.90. The van der Waals surface area contributed by atoms with Gasteiger partial charge < -0.3 is 4.90 Å². The van der Waals surface area contributed by atoms with E-state index in [4.69, 9.17) is 11.6 Å². The predicted octanol–water partition coefficient (Wildman–Crippen LogP) is 4.28. The van der Waals surface area contributed by atoms with Crippen molar-refractivity contribution in [1.82, 2.24) is 24.3 Å². The van der Waals surface area contributed by atoms with Gasteiger partial charge in [-0.1, -0.05) is 11.6 Å². The Hall–Kier alpha value is -3.71. The van der Waals surface area contributed by atoms with E-state index in [0.717, 1.165) is 38.8 Å². The molecule has 0 amide bonds. The van der Waals surface area contributed by atoms with Gasteiger partial charge in [0.1, 0.15) is 5.82 Å². The van der Waals surface area contributed by atoms with Gasteiger partial charge in [-0.05, 0) is 55.0 Å². The van der Waals surface area contributed by atoms with Crippen molar-refractivity contribution in [2.75, 3.05) is 4.90 Å². The van der Waals surface area contributed by atoms with E-state index in [9.17, 15) is 4.79 Å². The normalized spacial score (nSPS) is 12.9. The lowest BCUT2D eigenvalue weighted by atomic mass is 10.1. The van der Waals surface area contributed by atoms with Crippen molar-refractivity contribution < 1.29 is 0 Å². The quantitative estimate of drug-likeness (QED) is 0.419. The van der Waals surface area contributed by atoms with E-state index in [-0.39, 0.29) is 5.69 Å². The number of aryl methyl sites for hydroxylation is 2. The van der Waals surface area contributed by atoms with Crippen LogP contribution in [0.2, 0.25) is 5.02 Å². The van der Waals surface area contributed by atoms with Crippen LogP contribution in [-0.2, 0) is 13.6 Å². The Balaban J connectivity index is 1.62. The molecular weight excluding hydrogens is 412 g/mol. The molecule has 7 nitrogen and oxygen atoms in total. The minimum atomic E-state index is -0.360. The zero-order chi connectivity index (χ0) is 21.3. The van der Waals surface area contributed by atoms with Gasteiger partial charge in [0.05, 0.1) is 29.0 Å². The Morgan fingerprint density at radius 3 is 2.84 bits per heavy atom. The van der Waals surface area contributed by atoms with Crippen molar-refractivity contribution in [2.45, 2.75) is 13.5 Å². The van der Waals surface area contributed by atoms with E-state index in [1.807, 2.05) is 56.6 Å². The van der Waals surface area contributed by atoms with Crippen LogP contribution in [0.15, 0.2) is 59.7 Å². The Bertz CT molecular complexity index is 1590. The number of aromatic nitrogens is 5. The minimum Gasteiger partial charge on any atom is -0.321 e. The summed E-state index contributed by atoms with van der Waals surface area (Å²) in [6.07, 6.45) is 3.69. The summed E-state index contributed by atoms with van der Waals surface area (Å²) in [4.78, 5) is 24.1. The SMILES string of the molecule is Cc1ncccc1-n1c(=O)nc2c3c(cc(Cl)cc31)CN2c1ccc2nn(C)cc2c1. The van der Waals surface area contributed by atoms with Crippen molar-refractivity contribution in [1.29, 1.82) is 0 Å². The van der Waals surface area contributed by atoms with Gasteiger partial charge in [0, 0.05) is 40.9 Å². The molecule has 0 unspecified atom stereocenters. The van der Waals surface area contributed by atoms with Crippen LogP contribution in [0.5, 0.6) is 0 Å². The molecule has 0 saturated heterocycles. The van der Waals surface area contributed by atoms with E-state index in [2.05, 4.69) is 26.0 Å². The molecule has 31 heavy (non-hydrogen) atoms. The first-order valence-corrected chi connectivity index (χ1v) is 10.3. The molecule has 0 saturated carbocycles. The van der Waals surface area contributed by atoms with Crippen LogP contribution < -0.4 is 10.6 Å². The number of benzene rings is 2. The number of anilines is 2. The van der Waals surface area contributed by atoms with Crippen LogP contribution in [0.3, 0.4) is 0 Å². The zero-order valence-electron chi connectivity index (χ0n) is 16.9. The van der Waals surface area contributed by atoms with Gasteiger partial charge in [0.25, 0.3) is 0 Å². The predicted molar refractivity (Wildman–Crippen MR) is 121 cm³/mol. The number of fused-ring (bicyclic) bond motifs is 1. The summed E-state index contributed by atoms with van der Waals surface area (Å²) in [5.74, 6) is 0.646. The standard InChI is InChI=1S/C23H17ClN6O/c1-13-19(4-3-7-25-13)30-20-10-16(24)8-15-12-29(22(21(15)20)26-23(30)31)17-5-6-18-14(9-17)11-28(2)27-18/h3-11H,12H2,1-2H3. The molecule has 3 aromatic heterocycles. The molecule has 152 valence electrons. The molecule has 0 N–H and O–H groups in total. The fraction of sp³-hybridized carbons (Fsp3) is 0.130. The van der Waals surface area contributed by atoms with Crippen molar-refractivity contribution in [3.63, 3.8) is 0 Å². The van der Waals surface area contributed by atoms with Crippen LogP contribution in [0.25, 0.3) is 27.5 Å². The number of pyridine rings is 1. The van der Waals surface area contributed by atoms with E-state index in [1.165, 1.54) is 0 Å². The first-order chi connectivity index (χ1) is 15.0. The van der Waals surface area contributed by atoms with E-state index >= 15 is 0 Å². The van der Waals surface area contributed by atoms with Crippen LogP contribution in [0.4, 0.5) is 11.5 Å². The van der Waals surface area contributed by atoms with Crippen molar-refractivity contribution in [2.24, 2.45) is 7.05 Å². The summed E-state index contributed by atoms with van der Waals surface area (Å²) in [5, 5.41) is 6.99. The van der Waals surface area contributed by atoms with E-state index < -0.39 is 0 Å². The molecule has 0 spiro atoms. The topological polar surface area (TPSA) is 68.8 Å². The largest absolute Gasteiger partial charge is 0.354 e. The fourth-order valence-corrected chi connectivity index (χ4v) is 4.64. The molecule has 0 aliphatic carbocycles. The summed E-state index contributed by atoms with van der Waals surface area (Å²) in [6, 6.07) is 13.5. The molecule has 2 aromatic carbocycles. The monoisotopic (exact) mass is 428 g/mol. The number of hydrogen-bond donors (Lipinski definition) is 0. The lowest BCUT2D eigenvalue weighted by Gasteiger charge is -2.19. The summed E-state index contributed by atoms with van der Waals surface area (Å²) < 4.78 is 3.39. The molecule has 1 aliphatic heterocycles. The molecule has 1 aliphatic rings. The van der Waals surface area contributed by atoms with Crippen molar-refractivity contribution in [3.05, 3.63) is 81.6 Å². The number of rotatable bonds is 2. The molecule has 8 heteroatoms. The molecule has 4 heterocycles. The average molecular weight is 429 g/mol. The van der Waals surface area contributed by atoms with Gasteiger partial charge in [0.2, 0.25) is 0 Å². The first-order valence-electron chi connectivity index (χ1n) is 9.88. The Labute approximate surface area is 182 Å². The third-order valence-corrected chi connectivity index (χ3v) is 5.96. The average Bonchev–Trinajstić information content (AvgIpc) is 3.28. The molecule has 0 radical (unpaired) electrons. The highest BCUT2D eigenvalue weighted by atomic mass is 35.5. The smallest absolute Gasteiger partial charge is 0.321 e. The number of halogens is 1. The summed E-state index contributed by atoms with van der Waals surface area (Å²) >= 11 is 6.47. The van der Waals surface area contributed by atoms with E-state index in [1.54, 1.807) is 15.4 Å². The highest BCUT2D eigenvalue weighted by Crippen LogP contribution is 2.41. The maximum atomic E-state index is 13.2. The molecule has 6 rings (SSSR count). The van der Waals surface area contributed by atoms with Gasteiger partial charge in [-0.3, -0.25) is 14.2 Å². The number of nitrogens with zero attached hydrogens (tertiary/aromatic N) is 6. The second-order valence-corrected chi connectivity index (χ2v) is 8.19. The van der Waals surface area contributed by atoms with Crippen LogP contribution >= 0.6 is 11.6 Å². The van der Waals surface area contributed by atoms with Gasteiger partial charge in [0.15, 0.2) is 0 Å². The van der Waals surface area contributed by atoms with Crippen molar-refractivity contribution >= 4 is 44.9 Å². The summed E-state index contributed by atoms with van der Waals surface area (Å²) in [6.45, 7) is 2.46. The highest BCUT2D eigenvalue weighted by molar-refractivity contribution is 6.31. The molecular formula is C23H17ClN6O. The van der Waals surface area contributed by atoms with Gasteiger partial charge in [-0.2, -0.15) is 10.1 Å². The molecule has 0 bridgehead atoms. The lowest BCUT2D eigenvalue weighted by molar-refractivity contribution is 0.780. The third kappa shape index (κ3) is 2.67. The second kappa shape index (κ2) is 6.39. The van der Waals surface area contributed by atoms with Gasteiger partial charge in [-0.15, -0.1) is 0 Å². The fourth-order valence-electron chi connectivity index (χ4n) is 4.41. The maximum absolute atomic E-state index is 13.2. The van der Waals surface area contributed by atoms with Crippen LogP contribution in [-0.4, -0.2) is 24.3 Å². The molecule has 5 aromatic rings. The van der Waals surface area contributed by atoms with E-state index in [0.29, 0.717) is 23.1 Å².